The Morgan fingerprint density at radius 2 is 2.24 bits per heavy atom. The lowest BCUT2D eigenvalue weighted by atomic mass is 9.96. The van der Waals surface area contributed by atoms with E-state index < -0.39 is 0 Å². The van der Waals surface area contributed by atoms with Crippen LogP contribution in [0.4, 0.5) is 5.69 Å². The second kappa shape index (κ2) is 4.22. The normalized spacial score (nSPS) is 26.6. The summed E-state index contributed by atoms with van der Waals surface area (Å²) in [5.74, 6) is 0.951. The highest BCUT2D eigenvalue weighted by Gasteiger charge is 2.36. The minimum absolute atomic E-state index is 0.520. The highest BCUT2D eigenvalue weighted by molar-refractivity contribution is 5.61. The first-order chi connectivity index (χ1) is 8.33. The molecule has 2 unspecified atom stereocenters. The highest BCUT2D eigenvalue weighted by atomic mass is 16.5. The van der Waals surface area contributed by atoms with Crippen molar-refractivity contribution in [3.8, 4) is 5.75 Å². The van der Waals surface area contributed by atoms with E-state index >= 15 is 0 Å². The molecule has 17 heavy (non-hydrogen) atoms. The molecule has 2 aliphatic heterocycles. The quantitative estimate of drug-likeness (QED) is 0.847. The number of nitrogens with two attached hydrogens (primary N) is 1. The number of rotatable bonds is 2. The fraction of sp³-hybridized carbons (Fsp3) is 0.571. The zero-order valence-corrected chi connectivity index (χ0v) is 10.4. The number of ether oxygens (including phenoxy) is 1. The third-order valence-electron chi connectivity index (χ3n) is 4.21. The van der Waals surface area contributed by atoms with Crippen molar-refractivity contribution in [2.24, 2.45) is 5.73 Å². The predicted molar refractivity (Wildman–Crippen MR) is 69.7 cm³/mol. The number of anilines is 1. The third kappa shape index (κ3) is 1.69. The predicted octanol–water partition coefficient (Wildman–Crippen LogP) is 1.94. The molecule has 0 aliphatic carbocycles. The summed E-state index contributed by atoms with van der Waals surface area (Å²) in [5, 5.41) is 0. The van der Waals surface area contributed by atoms with E-state index in [4.69, 9.17) is 10.5 Å². The molecule has 92 valence electrons. The van der Waals surface area contributed by atoms with E-state index in [9.17, 15) is 0 Å². The Bertz CT molecular complexity index is 419. The number of benzene rings is 1. The van der Waals surface area contributed by atoms with Gasteiger partial charge in [-0.3, -0.25) is 0 Å². The smallest absolute Gasteiger partial charge is 0.120 e. The van der Waals surface area contributed by atoms with Crippen molar-refractivity contribution in [2.45, 2.75) is 37.8 Å². The summed E-state index contributed by atoms with van der Waals surface area (Å²) in [6, 6.07) is 7.66. The lowest BCUT2D eigenvalue weighted by Crippen LogP contribution is -2.43. The molecule has 0 saturated carbocycles. The largest absolute Gasteiger partial charge is 0.497 e. The molecule has 0 spiro atoms. The molecule has 1 aromatic rings. The van der Waals surface area contributed by atoms with Crippen LogP contribution in [0.3, 0.4) is 0 Å². The van der Waals surface area contributed by atoms with Crippen LogP contribution in [-0.2, 0) is 6.42 Å². The molecule has 2 atom stereocenters. The van der Waals surface area contributed by atoms with Gasteiger partial charge in [0.15, 0.2) is 0 Å². The van der Waals surface area contributed by atoms with Crippen molar-refractivity contribution in [3.63, 3.8) is 0 Å². The van der Waals surface area contributed by atoms with Crippen molar-refractivity contribution in [3.05, 3.63) is 23.8 Å². The Kier molecular flexibility index (Phi) is 2.71. The number of aryl methyl sites for hydroxylation is 1. The van der Waals surface area contributed by atoms with Gasteiger partial charge in [0.2, 0.25) is 0 Å². The standard InChI is InChI=1S/C14H20N2O/c1-17-13-7-3-10-2-4-11-5-6-12(9-15)16(11)14(10)8-13/h3,7-8,11-12H,2,4-6,9,15H2,1H3. The fourth-order valence-electron chi connectivity index (χ4n) is 3.31. The first-order valence-electron chi connectivity index (χ1n) is 6.49. The van der Waals surface area contributed by atoms with Gasteiger partial charge in [-0.25, -0.2) is 0 Å². The summed E-state index contributed by atoms with van der Waals surface area (Å²) in [5.41, 5.74) is 8.70. The summed E-state index contributed by atoms with van der Waals surface area (Å²) in [7, 11) is 1.73. The molecule has 3 nitrogen and oxygen atoms in total. The molecule has 1 saturated heterocycles. The molecule has 1 fully saturated rings. The van der Waals surface area contributed by atoms with E-state index in [1.54, 1.807) is 7.11 Å². The molecule has 0 amide bonds. The van der Waals surface area contributed by atoms with Gasteiger partial charge in [-0.1, -0.05) is 6.07 Å². The Morgan fingerprint density at radius 1 is 1.35 bits per heavy atom. The number of fused-ring (bicyclic) bond motifs is 3. The second-order valence-electron chi connectivity index (χ2n) is 5.06. The molecule has 3 rings (SSSR count). The van der Waals surface area contributed by atoms with Gasteiger partial charge < -0.3 is 15.4 Å². The summed E-state index contributed by atoms with van der Waals surface area (Å²) in [6.45, 7) is 0.757. The molecule has 0 bridgehead atoms. The van der Waals surface area contributed by atoms with Crippen molar-refractivity contribution >= 4 is 5.69 Å². The van der Waals surface area contributed by atoms with Crippen LogP contribution in [-0.4, -0.2) is 25.7 Å². The van der Waals surface area contributed by atoms with Crippen molar-refractivity contribution in [1.82, 2.24) is 0 Å². The minimum atomic E-state index is 0.520. The molecule has 0 aromatic heterocycles. The fourth-order valence-corrected chi connectivity index (χ4v) is 3.31. The van der Waals surface area contributed by atoms with Gasteiger partial charge in [0, 0.05) is 30.4 Å². The molecule has 2 aliphatic rings. The second-order valence-corrected chi connectivity index (χ2v) is 5.06. The van der Waals surface area contributed by atoms with Gasteiger partial charge in [0.1, 0.15) is 5.75 Å². The van der Waals surface area contributed by atoms with Crippen LogP contribution in [0.5, 0.6) is 5.75 Å². The lowest BCUT2D eigenvalue weighted by Gasteiger charge is -2.37. The Balaban J connectivity index is 2.02. The van der Waals surface area contributed by atoms with Gasteiger partial charge in [-0.05, 0) is 37.3 Å². The molecule has 2 N–H and O–H groups in total. The first-order valence-corrected chi connectivity index (χ1v) is 6.49. The maximum absolute atomic E-state index is 5.90. The van der Waals surface area contributed by atoms with E-state index in [1.165, 1.54) is 36.9 Å². The summed E-state index contributed by atoms with van der Waals surface area (Å²) in [6.07, 6.45) is 4.99. The van der Waals surface area contributed by atoms with Crippen LogP contribution < -0.4 is 15.4 Å². The zero-order valence-electron chi connectivity index (χ0n) is 10.4. The molecule has 3 heteroatoms. The Morgan fingerprint density at radius 3 is 3.00 bits per heavy atom. The average Bonchev–Trinajstić information content (AvgIpc) is 2.81. The Hall–Kier alpha value is -1.22. The van der Waals surface area contributed by atoms with E-state index in [-0.39, 0.29) is 0 Å². The maximum atomic E-state index is 5.90. The van der Waals surface area contributed by atoms with Crippen molar-refractivity contribution < 1.29 is 4.74 Å². The molecule has 1 aromatic carbocycles. The van der Waals surface area contributed by atoms with E-state index in [1.807, 2.05) is 0 Å². The van der Waals surface area contributed by atoms with Gasteiger partial charge in [-0.15, -0.1) is 0 Å². The van der Waals surface area contributed by atoms with Gasteiger partial charge >= 0.3 is 0 Å². The van der Waals surface area contributed by atoms with E-state index in [0.29, 0.717) is 12.1 Å². The molecular weight excluding hydrogens is 212 g/mol. The number of hydrogen-bond acceptors (Lipinski definition) is 3. The van der Waals surface area contributed by atoms with E-state index in [2.05, 4.69) is 23.1 Å². The third-order valence-corrected chi connectivity index (χ3v) is 4.21. The summed E-state index contributed by atoms with van der Waals surface area (Å²) < 4.78 is 5.34. The minimum Gasteiger partial charge on any atom is -0.497 e. The lowest BCUT2D eigenvalue weighted by molar-refractivity contribution is 0.414. The monoisotopic (exact) mass is 232 g/mol. The van der Waals surface area contributed by atoms with Crippen LogP contribution in [0.1, 0.15) is 24.8 Å². The van der Waals surface area contributed by atoms with Crippen LogP contribution in [0, 0.1) is 0 Å². The van der Waals surface area contributed by atoms with Gasteiger partial charge in [-0.2, -0.15) is 0 Å². The summed E-state index contributed by atoms with van der Waals surface area (Å²) >= 11 is 0. The highest BCUT2D eigenvalue weighted by Crippen LogP contribution is 2.40. The average molecular weight is 232 g/mol. The van der Waals surface area contributed by atoms with Crippen LogP contribution in [0.15, 0.2) is 18.2 Å². The van der Waals surface area contributed by atoms with Crippen molar-refractivity contribution in [2.75, 3.05) is 18.6 Å². The van der Waals surface area contributed by atoms with Crippen molar-refractivity contribution in [1.29, 1.82) is 0 Å². The first kappa shape index (κ1) is 10.9. The summed E-state index contributed by atoms with van der Waals surface area (Å²) in [4.78, 5) is 2.54. The van der Waals surface area contributed by atoms with Crippen LogP contribution in [0.2, 0.25) is 0 Å². The number of nitrogens with zero attached hydrogens (tertiary/aromatic N) is 1. The molecule has 2 heterocycles. The van der Waals surface area contributed by atoms with Gasteiger partial charge in [0.25, 0.3) is 0 Å². The zero-order chi connectivity index (χ0) is 11.8. The maximum Gasteiger partial charge on any atom is 0.120 e. The molecule has 0 radical (unpaired) electrons. The topological polar surface area (TPSA) is 38.5 Å². The number of methoxy groups -OCH3 is 1. The van der Waals surface area contributed by atoms with Crippen LogP contribution >= 0.6 is 0 Å². The number of hydrogen-bond donors (Lipinski definition) is 1. The van der Waals surface area contributed by atoms with E-state index in [0.717, 1.165) is 12.3 Å². The van der Waals surface area contributed by atoms with Crippen LogP contribution in [0.25, 0.3) is 0 Å². The Labute approximate surface area is 103 Å². The van der Waals surface area contributed by atoms with Gasteiger partial charge in [0.05, 0.1) is 7.11 Å². The molecular formula is C14H20N2O. The SMILES string of the molecule is COc1ccc2c(c1)N1C(CN)CCC1CC2.